The van der Waals surface area contributed by atoms with Crippen molar-refractivity contribution >= 4 is 16.7 Å². The molecule has 1 aromatic carbocycles. The molecule has 1 amide bonds. The van der Waals surface area contributed by atoms with E-state index >= 15 is 0 Å². The topological polar surface area (TPSA) is 76.9 Å². The smallest absolute Gasteiger partial charge is 0.279 e. The Bertz CT molecular complexity index is 1240. The normalized spacial score (nSPS) is 28.2. The molecule has 186 valence electrons. The molecule has 4 aliphatic rings. The molecule has 0 radical (unpaired) electrons. The van der Waals surface area contributed by atoms with E-state index in [0.717, 1.165) is 25.9 Å². The Labute approximate surface area is 205 Å². The van der Waals surface area contributed by atoms with E-state index in [1.807, 2.05) is 4.90 Å². The Morgan fingerprint density at radius 2 is 2.03 bits per heavy atom. The fourth-order valence-corrected chi connectivity index (χ4v) is 7.17. The highest BCUT2D eigenvalue weighted by molar-refractivity contribution is 5.89. The van der Waals surface area contributed by atoms with Crippen molar-refractivity contribution in [2.24, 2.45) is 11.8 Å². The van der Waals surface area contributed by atoms with E-state index in [4.69, 9.17) is 9.47 Å². The van der Waals surface area contributed by atoms with Gasteiger partial charge in [0, 0.05) is 24.5 Å². The van der Waals surface area contributed by atoms with Crippen molar-refractivity contribution in [3.8, 4) is 11.5 Å². The van der Waals surface area contributed by atoms with Crippen LogP contribution in [0.3, 0.4) is 0 Å². The maximum Gasteiger partial charge on any atom is 0.279 e. The average Bonchev–Trinajstić information content (AvgIpc) is 2.89. The summed E-state index contributed by atoms with van der Waals surface area (Å²) in [5.41, 5.74) is 1.11. The Morgan fingerprint density at radius 1 is 1.14 bits per heavy atom. The molecule has 1 aliphatic carbocycles. The molecule has 3 saturated heterocycles. The third-order valence-corrected chi connectivity index (χ3v) is 8.62. The van der Waals surface area contributed by atoms with Crippen LogP contribution < -0.4 is 15.0 Å². The van der Waals surface area contributed by atoms with Crippen molar-refractivity contribution in [1.82, 2.24) is 19.6 Å². The zero-order chi connectivity index (χ0) is 24.1. The molecule has 0 saturated carbocycles. The molecule has 35 heavy (non-hydrogen) atoms. The molecule has 6 rings (SSSR count). The van der Waals surface area contributed by atoms with Gasteiger partial charge in [-0.25, -0.2) is 4.68 Å². The molecule has 1 aromatic heterocycles. The van der Waals surface area contributed by atoms with Crippen molar-refractivity contribution in [1.29, 1.82) is 0 Å². The average molecular weight is 479 g/mol. The van der Waals surface area contributed by atoms with Gasteiger partial charge in [0.05, 0.1) is 31.8 Å². The fraction of sp³-hybridized carbons (Fsp3) is 0.593. The molecule has 8 heteroatoms. The number of methoxy groups -OCH3 is 2. The summed E-state index contributed by atoms with van der Waals surface area (Å²) < 4.78 is 12.1. The SMILES string of the molecule is COc1ccc2cnn(CC(=O)N3CCCC4=CC5CC(CN6CCCCC56)C43)c(=O)c2c1OC. The van der Waals surface area contributed by atoms with Gasteiger partial charge in [0.2, 0.25) is 5.91 Å². The van der Waals surface area contributed by atoms with E-state index in [9.17, 15) is 9.59 Å². The van der Waals surface area contributed by atoms with Crippen LogP contribution in [-0.4, -0.2) is 71.4 Å². The maximum atomic E-state index is 13.7. The number of piperidine rings is 3. The summed E-state index contributed by atoms with van der Waals surface area (Å²) in [6.45, 7) is 2.94. The van der Waals surface area contributed by atoms with Crippen molar-refractivity contribution in [2.75, 3.05) is 33.9 Å². The number of ether oxygens (including phenoxy) is 2. The van der Waals surface area contributed by atoms with E-state index in [2.05, 4.69) is 16.1 Å². The predicted octanol–water partition coefficient (Wildman–Crippen LogP) is 2.84. The molecule has 0 N–H and O–H groups in total. The third kappa shape index (κ3) is 3.73. The van der Waals surface area contributed by atoms with Gasteiger partial charge in [-0.3, -0.25) is 14.5 Å². The first kappa shape index (κ1) is 22.6. The quantitative estimate of drug-likeness (QED) is 0.629. The van der Waals surface area contributed by atoms with Crippen LogP contribution in [0.1, 0.15) is 38.5 Å². The number of hydrogen-bond donors (Lipinski definition) is 0. The van der Waals surface area contributed by atoms with Crippen LogP contribution in [0.15, 0.2) is 34.8 Å². The van der Waals surface area contributed by atoms with Crippen LogP contribution >= 0.6 is 0 Å². The standard InChI is InChI=1S/C27H34N4O4/c1-34-22-9-8-18-14-28-31(27(33)24(18)26(22)35-2)16-23(32)30-11-5-6-17-12-19-13-20(25(17)30)15-29-10-4-3-7-21(19)29/h8-9,12,14,19-21,25H,3-7,10-11,13,15-16H2,1-2H3. The molecule has 0 spiro atoms. The number of nitrogens with zero attached hydrogens (tertiary/aromatic N) is 4. The lowest BCUT2D eigenvalue weighted by Gasteiger charge is -2.54. The van der Waals surface area contributed by atoms with Crippen molar-refractivity contribution in [2.45, 2.75) is 57.2 Å². The summed E-state index contributed by atoms with van der Waals surface area (Å²) >= 11 is 0. The lowest BCUT2D eigenvalue weighted by molar-refractivity contribution is -0.137. The number of likely N-dealkylation sites (tertiary alicyclic amines) is 1. The number of rotatable bonds is 4. The van der Waals surface area contributed by atoms with Gasteiger partial charge in [0.15, 0.2) is 11.5 Å². The Balaban J connectivity index is 1.30. The van der Waals surface area contributed by atoms with Gasteiger partial charge >= 0.3 is 0 Å². The first-order chi connectivity index (χ1) is 17.1. The van der Waals surface area contributed by atoms with Gasteiger partial charge in [-0.2, -0.15) is 5.10 Å². The Kier molecular flexibility index (Phi) is 5.79. The van der Waals surface area contributed by atoms with Crippen LogP contribution in [-0.2, 0) is 11.3 Å². The van der Waals surface area contributed by atoms with Gasteiger partial charge in [-0.15, -0.1) is 0 Å². The number of benzene rings is 1. The number of carbonyl (C=O) groups is 1. The monoisotopic (exact) mass is 478 g/mol. The van der Waals surface area contributed by atoms with Crippen LogP contribution in [0.4, 0.5) is 0 Å². The molecule has 4 heterocycles. The molecule has 2 aromatic rings. The molecular formula is C27H34N4O4. The fourth-order valence-electron chi connectivity index (χ4n) is 7.17. The largest absolute Gasteiger partial charge is 0.493 e. The van der Waals surface area contributed by atoms with Gasteiger partial charge in [0.25, 0.3) is 5.56 Å². The number of amides is 1. The van der Waals surface area contributed by atoms with Gasteiger partial charge in [0.1, 0.15) is 6.54 Å². The molecule has 8 nitrogen and oxygen atoms in total. The first-order valence-corrected chi connectivity index (χ1v) is 12.9. The molecule has 4 atom stereocenters. The van der Waals surface area contributed by atoms with E-state index in [-0.39, 0.29) is 24.1 Å². The van der Waals surface area contributed by atoms with Crippen molar-refractivity contribution in [3.63, 3.8) is 0 Å². The minimum atomic E-state index is -0.336. The number of carbonyl (C=O) groups excluding carboxylic acids is 1. The lowest BCUT2D eigenvalue weighted by atomic mass is 9.68. The summed E-state index contributed by atoms with van der Waals surface area (Å²) in [5.74, 6) is 1.93. The molecular weight excluding hydrogens is 444 g/mol. The van der Waals surface area contributed by atoms with E-state index in [1.165, 1.54) is 49.6 Å². The summed E-state index contributed by atoms with van der Waals surface area (Å²) in [6.07, 6.45) is 11.3. The van der Waals surface area contributed by atoms with E-state index < -0.39 is 0 Å². The second-order valence-corrected chi connectivity index (χ2v) is 10.5. The summed E-state index contributed by atoms with van der Waals surface area (Å²) in [4.78, 5) is 31.8. The second kappa shape index (κ2) is 8.97. The summed E-state index contributed by atoms with van der Waals surface area (Å²) in [5, 5.41) is 5.38. The minimum Gasteiger partial charge on any atom is -0.493 e. The second-order valence-electron chi connectivity index (χ2n) is 10.5. The zero-order valence-electron chi connectivity index (χ0n) is 20.6. The van der Waals surface area contributed by atoms with Crippen LogP contribution in [0.25, 0.3) is 10.8 Å². The van der Waals surface area contributed by atoms with Gasteiger partial charge < -0.3 is 14.4 Å². The first-order valence-electron chi connectivity index (χ1n) is 12.9. The van der Waals surface area contributed by atoms with E-state index in [0.29, 0.717) is 40.1 Å². The Morgan fingerprint density at radius 3 is 2.86 bits per heavy atom. The predicted molar refractivity (Wildman–Crippen MR) is 133 cm³/mol. The van der Waals surface area contributed by atoms with Crippen LogP contribution in [0.2, 0.25) is 0 Å². The molecule has 3 aliphatic heterocycles. The molecule has 2 bridgehead atoms. The zero-order valence-corrected chi connectivity index (χ0v) is 20.6. The highest BCUT2D eigenvalue weighted by Gasteiger charge is 2.46. The Hall–Kier alpha value is -2.87. The highest BCUT2D eigenvalue weighted by atomic mass is 16.5. The van der Waals surface area contributed by atoms with Gasteiger partial charge in [-0.1, -0.05) is 18.1 Å². The number of aromatic nitrogens is 2. The molecule has 4 unspecified atom stereocenters. The minimum absolute atomic E-state index is 0.0318. The summed E-state index contributed by atoms with van der Waals surface area (Å²) in [7, 11) is 3.06. The highest BCUT2D eigenvalue weighted by Crippen LogP contribution is 2.45. The van der Waals surface area contributed by atoms with Crippen LogP contribution in [0.5, 0.6) is 11.5 Å². The van der Waals surface area contributed by atoms with Crippen molar-refractivity contribution < 1.29 is 14.3 Å². The number of hydrogen-bond acceptors (Lipinski definition) is 6. The molecule has 3 fully saturated rings. The summed E-state index contributed by atoms with van der Waals surface area (Å²) in [6, 6.07) is 4.38. The third-order valence-electron chi connectivity index (χ3n) is 8.62. The van der Waals surface area contributed by atoms with E-state index in [1.54, 1.807) is 25.4 Å². The number of fused-ring (bicyclic) bond motifs is 7. The van der Waals surface area contributed by atoms with Crippen molar-refractivity contribution in [3.05, 3.63) is 40.3 Å². The van der Waals surface area contributed by atoms with Crippen LogP contribution in [0, 0.1) is 11.8 Å². The lowest BCUT2D eigenvalue weighted by Crippen LogP contribution is -2.60. The maximum absolute atomic E-state index is 13.7. The van der Waals surface area contributed by atoms with Gasteiger partial charge in [-0.05, 0) is 62.6 Å².